The molecule has 1 N–H and O–H groups in total. The van der Waals surface area contributed by atoms with Gasteiger partial charge in [0, 0.05) is 18.5 Å². The van der Waals surface area contributed by atoms with Gasteiger partial charge in [0.15, 0.2) is 11.5 Å². The van der Waals surface area contributed by atoms with Gasteiger partial charge in [-0.25, -0.2) is 4.39 Å². The van der Waals surface area contributed by atoms with E-state index in [0.29, 0.717) is 17.4 Å². The van der Waals surface area contributed by atoms with Gasteiger partial charge in [-0.2, -0.15) is 0 Å². The van der Waals surface area contributed by atoms with Crippen LogP contribution in [0.4, 0.5) is 4.39 Å². The number of hydrogen-bond donors (Lipinski definition) is 1. The van der Waals surface area contributed by atoms with Crippen LogP contribution >= 0.6 is 0 Å². The Morgan fingerprint density at radius 2 is 2.12 bits per heavy atom. The van der Waals surface area contributed by atoms with Gasteiger partial charge in [-0.15, -0.1) is 0 Å². The molecule has 1 aromatic carbocycles. The Morgan fingerprint density at radius 3 is 2.94 bits per heavy atom. The summed E-state index contributed by atoms with van der Waals surface area (Å²) in [6, 6.07) is 4.40. The Morgan fingerprint density at radius 1 is 1.25 bits per heavy atom. The first-order valence-corrected chi connectivity index (χ1v) is 5.66. The van der Waals surface area contributed by atoms with Gasteiger partial charge in [-0.1, -0.05) is 0 Å². The highest BCUT2D eigenvalue weighted by atomic mass is 19.1. The van der Waals surface area contributed by atoms with Gasteiger partial charge in [-0.3, -0.25) is 0 Å². The van der Waals surface area contributed by atoms with Crippen molar-refractivity contribution in [2.75, 3.05) is 13.1 Å². The molecule has 3 rings (SSSR count). The largest absolute Gasteiger partial charge is 0.451 e. The molecule has 86 valence electrons. The maximum Gasteiger partial charge on any atom is 0.245 e. The Balaban J connectivity index is 1.74. The second kappa shape index (κ2) is 3.94. The predicted octanol–water partition coefficient (Wildman–Crippen LogP) is 1.92. The number of halogens is 1. The number of fused-ring (bicyclic) bond motifs is 1. The van der Waals surface area contributed by atoms with Crippen LogP contribution in [0.25, 0.3) is 0 Å². The minimum absolute atomic E-state index is 0.260. The second-order valence-corrected chi connectivity index (χ2v) is 4.30. The zero-order chi connectivity index (χ0) is 11.0. The summed E-state index contributed by atoms with van der Waals surface area (Å²) in [7, 11) is 0. The lowest BCUT2D eigenvalue weighted by Crippen LogP contribution is -2.40. The molecule has 2 heterocycles. The second-order valence-electron chi connectivity index (χ2n) is 4.30. The Kier molecular flexibility index (Phi) is 2.44. The summed E-state index contributed by atoms with van der Waals surface area (Å²) in [5.41, 5.74) is 0. The lowest BCUT2D eigenvalue weighted by Gasteiger charge is -2.26. The molecule has 0 amide bonds. The standard InChI is InChI=1S/C12H14FNO2/c13-9-3-4-10-11(6-9)16-12(15-10)8-2-1-5-14-7-8/h3-4,6,8,12,14H,1-2,5,7H2. The number of hydrogen-bond acceptors (Lipinski definition) is 3. The van der Waals surface area contributed by atoms with E-state index >= 15 is 0 Å². The SMILES string of the molecule is Fc1ccc2c(c1)OC(C1CCCNC1)O2. The van der Waals surface area contributed by atoms with Gasteiger partial charge in [0.1, 0.15) is 5.82 Å². The molecule has 3 nitrogen and oxygen atoms in total. The molecule has 2 aliphatic rings. The third-order valence-electron chi connectivity index (χ3n) is 3.11. The van der Waals surface area contributed by atoms with Crippen molar-refractivity contribution in [2.45, 2.75) is 19.1 Å². The van der Waals surface area contributed by atoms with Gasteiger partial charge in [0.25, 0.3) is 0 Å². The van der Waals surface area contributed by atoms with Crippen molar-refractivity contribution in [1.82, 2.24) is 5.32 Å². The minimum Gasteiger partial charge on any atom is -0.451 e. The molecule has 2 atom stereocenters. The molecule has 1 aromatic rings. The Hall–Kier alpha value is -1.29. The highest BCUT2D eigenvalue weighted by Crippen LogP contribution is 2.37. The average Bonchev–Trinajstić information content (AvgIpc) is 2.73. The number of benzene rings is 1. The quantitative estimate of drug-likeness (QED) is 0.789. The fourth-order valence-corrected chi connectivity index (χ4v) is 2.25. The molecule has 0 bridgehead atoms. The van der Waals surface area contributed by atoms with E-state index in [1.165, 1.54) is 12.1 Å². The van der Waals surface area contributed by atoms with Gasteiger partial charge < -0.3 is 14.8 Å². The van der Waals surface area contributed by atoms with E-state index in [0.717, 1.165) is 25.9 Å². The van der Waals surface area contributed by atoms with E-state index in [2.05, 4.69) is 5.32 Å². The molecule has 2 unspecified atom stereocenters. The summed E-state index contributed by atoms with van der Waals surface area (Å²) >= 11 is 0. The van der Waals surface area contributed by atoms with Crippen LogP contribution in [0, 0.1) is 11.7 Å². The molecule has 0 aromatic heterocycles. The summed E-state index contributed by atoms with van der Waals surface area (Å²) in [6.07, 6.45) is 1.97. The van der Waals surface area contributed by atoms with Gasteiger partial charge >= 0.3 is 0 Å². The summed E-state index contributed by atoms with van der Waals surface area (Å²) < 4.78 is 24.3. The zero-order valence-corrected chi connectivity index (χ0v) is 8.91. The van der Waals surface area contributed by atoms with E-state index < -0.39 is 0 Å². The van der Waals surface area contributed by atoms with Crippen molar-refractivity contribution in [3.8, 4) is 11.5 Å². The maximum absolute atomic E-state index is 13.0. The summed E-state index contributed by atoms with van der Waals surface area (Å²) in [5, 5.41) is 3.32. The van der Waals surface area contributed by atoms with Crippen LogP contribution in [0.1, 0.15) is 12.8 Å². The molecule has 2 aliphatic heterocycles. The van der Waals surface area contributed by atoms with Crippen LogP contribution in [-0.4, -0.2) is 19.4 Å². The first-order chi connectivity index (χ1) is 7.83. The Labute approximate surface area is 93.6 Å². The molecule has 1 saturated heterocycles. The summed E-state index contributed by atoms with van der Waals surface area (Å²) in [4.78, 5) is 0. The molecule has 0 spiro atoms. The topological polar surface area (TPSA) is 30.5 Å². The molecule has 0 radical (unpaired) electrons. The van der Waals surface area contributed by atoms with Crippen molar-refractivity contribution in [3.63, 3.8) is 0 Å². The Bertz CT molecular complexity index is 391. The molecule has 1 fully saturated rings. The fraction of sp³-hybridized carbons (Fsp3) is 0.500. The van der Waals surface area contributed by atoms with E-state index in [4.69, 9.17) is 9.47 Å². The normalized spacial score (nSPS) is 28.1. The number of piperidine rings is 1. The predicted molar refractivity (Wildman–Crippen MR) is 57.0 cm³/mol. The average molecular weight is 223 g/mol. The highest BCUT2D eigenvalue weighted by Gasteiger charge is 2.32. The first-order valence-electron chi connectivity index (χ1n) is 5.66. The number of ether oxygens (including phenoxy) is 2. The fourth-order valence-electron chi connectivity index (χ4n) is 2.25. The van der Waals surface area contributed by atoms with Crippen LogP contribution in [-0.2, 0) is 0 Å². The number of nitrogens with one attached hydrogen (secondary N) is 1. The van der Waals surface area contributed by atoms with Crippen molar-refractivity contribution in [2.24, 2.45) is 5.92 Å². The smallest absolute Gasteiger partial charge is 0.245 e. The lowest BCUT2D eigenvalue weighted by molar-refractivity contribution is -0.0123. The van der Waals surface area contributed by atoms with Crippen molar-refractivity contribution in [1.29, 1.82) is 0 Å². The van der Waals surface area contributed by atoms with Crippen LogP contribution in [0.5, 0.6) is 11.5 Å². The van der Waals surface area contributed by atoms with Crippen molar-refractivity contribution < 1.29 is 13.9 Å². The molecule has 0 aliphatic carbocycles. The zero-order valence-electron chi connectivity index (χ0n) is 8.91. The first kappa shape index (κ1) is 9.90. The van der Waals surface area contributed by atoms with Crippen LogP contribution < -0.4 is 14.8 Å². The molecule has 4 heteroatoms. The number of rotatable bonds is 1. The third kappa shape index (κ3) is 1.73. The maximum atomic E-state index is 13.0. The van der Waals surface area contributed by atoms with Crippen molar-refractivity contribution in [3.05, 3.63) is 24.0 Å². The third-order valence-corrected chi connectivity index (χ3v) is 3.11. The van der Waals surface area contributed by atoms with E-state index in [1.54, 1.807) is 6.07 Å². The van der Waals surface area contributed by atoms with E-state index in [1.807, 2.05) is 0 Å². The minimum atomic E-state index is -0.287. The monoisotopic (exact) mass is 223 g/mol. The summed E-state index contributed by atoms with van der Waals surface area (Å²) in [6.45, 7) is 1.96. The van der Waals surface area contributed by atoms with E-state index in [-0.39, 0.29) is 12.1 Å². The molecular formula is C12H14FNO2. The van der Waals surface area contributed by atoms with E-state index in [9.17, 15) is 4.39 Å². The summed E-state index contributed by atoms with van der Waals surface area (Å²) in [5.74, 6) is 1.24. The van der Waals surface area contributed by atoms with Gasteiger partial charge in [0.2, 0.25) is 6.29 Å². The molecule has 16 heavy (non-hydrogen) atoms. The van der Waals surface area contributed by atoms with Crippen LogP contribution in [0.3, 0.4) is 0 Å². The van der Waals surface area contributed by atoms with Gasteiger partial charge in [0.05, 0.1) is 0 Å². The molecule has 0 saturated carbocycles. The molecular weight excluding hydrogens is 209 g/mol. The highest BCUT2D eigenvalue weighted by molar-refractivity contribution is 5.42. The lowest BCUT2D eigenvalue weighted by atomic mass is 9.99. The van der Waals surface area contributed by atoms with Crippen LogP contribution in [0.15, 0.2) is 18.2 Å². The van der Waals surface area contributed by atoms with Crippen LogP contribution in [0.2, 0.25) is 0 Å². The van der Waals surface area contributed by atoms with Crippen molar-refractivity contribution >= 4 is 0 Å². The van der Waals surface area contributed by atoms with Gasteiger partial charge in [-0.05, 0) is 31.5 Å².